The van der Waals surface area contributed by atoms with E-state index in [0.717, 1.165) is 5.56 Å². The predicted molar refractivity (Wildman–Crippen MR) is 98.2 cm³/mol. The number of hydrogen-bond acceptors (Lipinski definition) is 4. The molecule has 0 aromatic heterocycles. The molecule has 0 aliphatic rings. The van der Waals surface area contributed by atoms with Crippen LogP contribution in [0.15, 0.2) is 18.2 Å². The first-order valence-electron chi connectivity index (χ1n) is 8.36. The number of nitrogens with two attached hydrogens (primary N) is 1. The van der Waals surface area contributed by atoms with Crippen LogP contribution in [0.2, 0.25) is 0 Å². The second kappa shape index (κ2) is 9.17. The molecule has 3 amide bonds. The molecule has 0 saturated heterocycles. The number of nitrogens with one attached hydrogen (secondary N) is 3. The van der Waals surface area contributed by atoms with Crippen LogP contribution in [0.3, 0.4) is 0 Å². The summed E-state index contributed by atoms with van der Waals surface area (Å²) in [6.07, 6.45) is 0. The highest BCUT2D eigenvalue weighted by Gasteiger charge is 2.18. The van der Waals surface area contributed by atoms with E-state index in [-0.39, 0.29) is 36.2 Å². The fourth-order valence-electron chi connectivity index (χ4n) is 2.07. The van der Waals surface area contributed by atoms with Gasteiger partial charge in [-0.05, 0) is 50.5 Å². The van der Waals surface area contributed by atoms with Gasteiger partial charge in [-0.3, -0.25) is 14.4 Å². The van der Waals surface area contributed by atoms with Crippen molar-refractivity contribution in [1.82, 2.24) is 10.6 Å². The van der Waals surface area contributed by atoms with E-state index in [1.165, 1.54) is 0 Å². The first-order chi connectivity index (χ1) is 11.6. The van der Waals surface area contributed by atoms with Crippen LogP contribution in [0.5, 0.6) is 0 Å². The molecule has 0 radical (unpaired) electrons. The molecule has 0 aliphatic carbocycles. The molecular formula is C18H28N4O3. The SMILES string of the molecule is Cc1cc(C(=O)NC(C)C)ccc1NC(=O)CNC(=O)[C@@H](N)C(C)C. The van der Waals surface area contributed by atoms with Crippen molar-refractivity contribution in [1.29, 1.82) is 0 Å². The fraction of sp³-hybridized carbons (Fsp3) is 0.500. The maximum Gasteiger partial charge on any atom is 0.251 e. The summed E-state index contributed by atoms with van der Waals surface area (Å²) in [6, 6.07) is 4.43. The van der Waals surface area contributed by atoms with Crippen molar-refractivity contribution in [3.63, 3.8) is 0 Å². The molecule has 0 aliphatic heterocycles. The average molecular weight is 348 g/mol. The van der Waals surface area contributed by atoms with E-state index in [2.05, 4.69) is 16.0 Å². The van der Waals surface area contributed by atoms with Gasteiger partial charge in [0.25, 0.3) is 5.91 Å². The van der Waals surface area contributed by atoms with Crippen molar-refractivity contribution in [2.24, 2.45) is 11.7 Å². The lowest BCUT2D eigenvalue weighted by Gasteiger charge is -2.15. The highest BCUT2D eigenvalue weighted by Crippen LogP contribution is 2.16. The van der Waals surface area contributed by atoms with E-state index in [4.69, 9.17) is 5.73 Å². The standard InChI is InChI=1S/C18H28N4O3/c1-10(2)16(19)18(25)20-9-15(23)22-14-7-6-13(8-12(14)5)17(24)21-11(3)4/h6-8,10-11,16H,9,19H2,1-5H3,(H,20,25)(H,21,24)(H,22,23)/t16-/m0/s1. The van der Waals surface area contributed by atoms with Gasteiger partial charge in [-0.25, -0.2) is 0 Å². The third kappa shape index (κ3) is 6.54. The second-order valence-electron chi connectivity index (χ2n) is 6.69. The Hall–Kier alpha value is -2.41. The summed E-state index contributed by atoms with van der Waals surface area (Å²) >= 11 is 0. The van der Waals surface area contributed by atoms with Crippen LogP contribution >= 0.6 is 0 Å². The number of hydrogen-bond donors (Lipinski definition) is 4. The predicted octanol–water partition coefficient (Wildman–Crippen LogP) is 1.17. The molecule has 25 heavy (non-hydrogen) atoms. The molecule has 0 bridgehead atoms. The number of amides is 3. The minimum absolute atomic E-state index is 0.00478. The molecule has 0 saturated carbocycles. The van der Waals surface area contributed by atoms with Crippen LogP contribution in [-0.4, -0.2) is 36.3 Å². The summed E-state index contributed by atoms with van der Waals surface area (Å²) in [7, 11) is 0. The van der Waals surface area contributed by atoms with Crippen LogP contribution in [0, 0.1) is 12.8 Å². The van der Waals surface area contributed by atoms with E-state index in [0.29, 0.717) is 11.3 Å². The molecule has 0 spiro atoms. The van der Waals surface area contributed by atoms with Crippen LogP contribution in [0.4, 0.5) is 5.69 Å². The van der Waals surface area contributed by atoms with Gasteiger partial charge in [0.1, 0.15) is 0 Å². The van der Waals surface area contributed by atoms with Crippen LogP contribution < -0.4 is 21.7 Å². The summed E-state index contributed by atoms with van der Waals surface area (Å²) in [5, 5.41) is 8.04. The van der Waals surface area contributed by atoms with Crippen LogP contribution in [0.25, 0.3) is 0 Å². The van der Waals surface area contributed by atoms with E-state index in [9.17, 15) is 14.4 Å². The van der Waals surface area contributed by atoms with Crippen molar-refractivity contribution < 1.29 is 14.4 Å². The monoisotopic (exact) mass is 348 g/mol. The Labute approximate surface area is 148 Å². The molecule has 0 unspecified atom stereocenters. The summed E-state index contributed by atoms with van der Waals surface area (Å²) in [5.41, 5.74) is 7.60. The molecule has 7 nitrogen and oxygen atoms in total. The Balaban J connectivity index is 2.63. The number of benzene rings is 1. The Morgan fingerprint density at radius 2 is 1.76 bits per heavy atom. The van der Waals surface area contributed by atoms with Crippen molar-refractivity contribution >= 4 is 23.4 Å². The van der Waals surface area contributed by atoms with Gasteiger partial charge in [0, 0.05) is 17.3 Å². The topological polar surface area (TPSA) is 113 Å². The normalized spacial score (nSPS) is 12.0. The van der Waals surface area contributed by atoms with Crippen LogP contribution in [0.1, 0.15) is 43.6 Å². The molecule has 0 fully saturated rings. The van der Waals surface area contributed by atoms with Gasteiger partial charge >= 0.3 is 0 Å². The Bertz CT molecular complexity index is 641. The Morgan fingerprint density at radius 1 is 1.12 bits per heavy atom. The van der Waals surface area contributed by atoms with Gasteiger partial charge in [0.05, 0.1) is 12.6 Å². The van der Waals surface area contributed by atoms with Gasteiger partial charge in [0.2, 0.25) is 11.8 Å². The zero-order chi connectivity index (χ0) is 19.1. The zero-order valence-corrected chi connectivity index (χ0v) is 15.5. The molecule has 138 valence electrons. The average Bonchev–Trinajstić information content (AvgIpc) is 2.52. The van der Waals surface area contributed by atoms with Crippen molar-refractivity contribution in [2.45, 2.75) is 46.7 Å². The highest BCUT2D eigenvalue weighted by atomic mass is 16.2. The van der Waals surface area contributed by atoms with E-state index in [1.807, 2.05) is 27.7 Å². The largest absolute Gasteiger partial charge is 0.350 e. The molecule has 1 atom stereocenters. The third-order valence-corrected chi connectivity index (χ3v) is 3.63. The molecule has 1 aromatic carbocycles. The lowest BCUT2D eigenvalue weighted by molar-refractivity contribution is -0.125. The highest BCUT2D eigenvalue weighted by molar-refractivity contribution is 5.98. The maximum absolute atomic E-state index is 12.0. The molecule has 7 heteroatoms. The smallest absolute Gasteiger partial charge is 0.251 e. The first kappa shape index (κ1) is 20.6. The first-order valence-corrected chi connectivity index (χ1v) is 8.36. The lowest BCUT2D eigenvalue weighted by Crippen LogP contribution is -2.46. The minimum atomic E-state index is -0.645. The van der Waals surface area contributed by atoms with Crippen molar-refractivity contribution in [3.05, 3.63) is 29.3 Å². The number of rotatable bonds is 7. The van der Waals surface area contributed by atoms with E-state index in [1.54, 1.807) is 25.1 Å². The lowest BCUT2D eigenvalue weighted by atomic mass is 10.1. The number of anilines is 1. The van der Waals surface area contributed by atoms with Gasteiger partial charge in [-0.2, -0.15) is 0 Å². The summed E-state index contributed by atoms with van der Waals surface area (Å²) in [4.78, 5) is 35.7. The number of carbonyl (C=O) groups is 3. The number of aryl methyl sites for hydroxylation is 1. The minimum Gasteiger partial charge on any atom is -0.350 e. The second-order valence-corrected chi connectivity index (χ2v) is 6.69. The van der Waals surface area contributed by atoms with Gasteiger partial charge in [-0.1, -0.05) is 13.8 Å². The van der Waals surface area contributed by atoms with Gasteiger partial charge in [-0.15, -0.1) is 0 Å². The summed E-state index contributed by atoms with van der Waals surface area (Å²) in [5.74, 6) is -0.880. The quantitative estimate of drug-likeness (QED) is 0.592. The van der Waals surface area contributed by atoms with Crippen LogP contribution in [-0.2, 0) is 9.59 Å². The van der Waals surface area contributed by atoms with E-state index < -0.39 is 6.04 Å². The summed E-state index contributed by atoms with van der Waals surface area (Å²) in [6.45, 7) is 9.09. The maximum atomic E-state index is 12.0. The van der Waals surface area contributed by atoms with Gasteiger partial charge < -0.3 is 21.7 Å². The van der Waals surface area contributed by atoms with E-state index >= 15 is 0 Å². The molecule has 0 heterocycles. The zero-order valence-electron chi connectivity index (χ0n) is 15.5. The summed E-state index contributed by atoms with van der Waals surface area (Å²) < 4.78 is 0. The van der Waals surface area contributed by atoms with Crippen molar-refractivity contribution in [3.8, 4) is 0 Å². The van der Waals surface area contributed by atoms with Gasteiger partial charge in [0.15, 0.2) is 0 Å². The molecule has 1 rings (SSSR count). The fourth-order valence-corrected chi connectivity index (χ4v) is 2.07. The molecular weight excluding hydrogens is 320 g/mol. The van der Waals surface area contributed by atoms with Crippen molar-refractivity contribution in [2.75, 3.05) is 11.9 Å². The Kier molecular flexibility index (Phi) is 7.57. The molecule has 5 N–H and O–H groups in total. The third-order valence-electron chi connectivity index (χ3n) is 3.63. The Morgan fingerprint density at radius 3 is 2.28 bits per heavy atom. The number of carbonyl (C=O) groups excluding carboxylic acids is 3. The molecule has 1 aromatic rings.